The molecule has 0 aromatic heterocycles. The Labute approximate surface area is 235 Å². The number of hydrogen-bond donors (Lipinski definition) is 0. The third-order valence-electron chi connectivity index (χ3n) is 6.27. The number of carbonyl (C=O) groups is 1. The minimum absolute atomic E-state index is 0.104. The Hall–Kier alpha value is -5.09. The van der Waals surface area contributed by atoms with E-state index in [4.69, 9.17) is 14.2 Å². The van der Waals surface area contributed by atoms with Crippen molar-refractivity contribution < 1.29 is 19.0 Å². The van der Waals surface area contributed by atoms with Crippen LogP contribution in [0.2, 0.25) is 0 Å². The van der Waals surface area contributed by atoms with Crippen LogP contribution in [0, 0.1) is 0 Å². The van der Waals surface area contributed by atoms with E-state index in [-0.39, 0.29) is 5.78 Å². The summed E-state index contributed by atoms with van der Waals surface area (Å²) in [7, 11) is 0. The lowest BCUT2D eigenvalue weighted by Crippen LogP contribution is -2.00. The summed E-state index contributed by atoms with van der Waals surface area (Å²) >= 11 is 0. The van der Waals surface area contributed by atoms with Crippen molar-refractivity contribution in [3.8, 4) is 17.2 Å². The molecule has 40 heavy (non-hydrogen) atoms. The Morgan fingerprint density at radius 3 is 1.55 bits per heavy atom. The van der Waals surface area contributed by atoms with E-state index >= 15 is 0 Å². The van der Waals surface area contributed by atoms with Crippen molar-refractivity contribution in [2.24, 2.45) is 0 Å². The highest BCUT2D eigenvalue weighted by Gasteiger charge is 2.08. The van der Waals surface area contributed by atoms with Gasteiger partial charge >= 0.3 is 0 Å². The van der Waals surface area contributed by atoms with Crippen LogP contribution < -0.4 is 14.2 Å². The van der Waals surface area contributed by atoms with Crippen molar-refractivity contribution in [2.45, 2.75) is 19.8 Å². The number of carbonyl (C=O) groups excluding carboxylic acids is 1. The number of hydrogen-bond acceptors (Lipinski definition) is 4. The average molecular weight is 527 g/mol. The molecule has 5 rings (SSSR count). The number of ether oxygens (including phenoxy) is 3. The van der Waals surface area contributed by atoms with Crippen LogP contribution in [-0.2, 0) is 19.8 Å². The van der Waals surface area contributed by atoms with Gasteiger partial charge in [-0.3, -0.25) is 4.79 Å². The van der Waals surface area contributed by atoms with Gasteiger partial charge in [0, 0.05) is 17.2 Å². The summed E-state index contributed by atoms with van der Waals surface area (Å²) in [5, 5.41) is 0. The number of ketones is 1. The average Bonchev–Trinajstić information content (AvgIpc) is 3.03. The topological polar surface area (TPSA) is 44.8 Å². The van der Waals surface area contributed by atoms with Gasteiger partial charge in [-0.25, -0.2) is 0 Å². The normalized spacial score (nSPS) is 10.8. The molecule has 5 aromatic rings. The Bertz CT molecular complexity index is 1530. The van der Waals surface area contributed by atoms with Gasteiger partial charge in [-0.05, 0) is 65.2 Å². The first kappa shape index (κ1) is 26.5. The summed E-state index contributed by atoms with van der Waals surface area (Å²) in [6, 6.07) is 42.8. The molecule has 0 heterocycles. The van der Waals surface area contributed by atoms with Crippen LogP contribution in [0.4, 0.5) is 0 Å². The zero-order valence-electron chi connectivity index (χ0n) is 22.1. The predicted octanol–water partition coefficient (Wildman–Crippen LogP) is 8.32. The molecule has 5 aromatic carbocycles. The van der Waals surface area contributed by atoms with E-state index in [1.54, 1.807) is 24.3 Å². The van der Waals surface area contributed by atoms with Crippen LogP contribution in [0.1, 0.15) is 32.6 Å². The molecule has 0 fully saturated rings. The largest absolute Gasteiger partial charge is 0.489 e. The summed E-state index contributed by atoms with van der Waals surface area (Å²) in [5.41, 5.74) is 4.60. The molecule has 0 unspecified atom stereocenters. The second kappa shape index (κ2) is 13.6. The van der Waals surface area contributed by atoms with Crippen molar-refractivity contribution in [1.82, 2.24) is 0 Å². The maximum atomic E-state index is 12.9. The minimum Gasteiger partial charge on any atom is -0.489 e. The molecule has 4 heteroatoms. The van der Waals surface area contributed by atoms with Gasteiger partial charge < -0.3 is 14.2 Å². The first-order chi connectivity index (χ1) is 19.7. The lowest BCUT2D eigenvalue weighted by Gasteiger charge is -2.13. The molecule has 0 bridgehead atoms. The van der Waals surface area contributed by atoms with Crippen LogP contribution in [-0.4, -0.2) is 5.78 Å². The second-order valence-electron chi connectivity index (χ2n) is 9.24. The third kappa shape index (κ3) is 7.71. The first-order valence-corrected chi connectivity index (χ1v) is 13.2. The lowest BCUT2D eigenvalue weighted by molar-refractivity contribution is 0.104. The first-order valence-electron chi connectivity index (χ1n) is 13.2. The van der Waals surface area contributed by atoms with E-state index in [1.165, 1.54) is 0 Å². The molecular formula is C36H30O4. The van der Waals surface area contributed by atoms with E-state index < -0.39 is 0 Å². The van der Waals surface area contributed by atoms with E-state index in [0.717, 1.165) is 22.3 Å². The molecule has 0 radical (unpaired) electrons. The molecule has 0 saturated carbocycles. The number of rotatable bonds is 12. The number of allylic oxidation sites excluding steroid dienone is 1. The van der Waals surface area contributed by atoms with Crippen molar-refractivity contribution in [3.63, 3.8) is 0 Å². The molecule has 0 saturated heterocycles. The maximum absolute atomic E-state index is 12.9. The van der Waals surface area contributed by atoms with Crippen molar-refractivity contribution in [2.75, 3.05) is 0 Å². The number of benzene rings is 5. The van der Waals surface area contributed by atoms with Crippen molar-refractivity contribution in [3.05, 3.63) is 167 Å². The van der Waals surface area contributed by atoms with E-state index in [9.17, 15) is 4.79 Å². The quantitative estimate of drug-likeness (QED) is 0.121. The maximum Gasteiger partial charge on any atom is 0.185 e. The molecule has 0 aliphatic heterocycles. The van der Waals surface area contributed by atoms with E-state index in [1.807, 2.05) is 121 Å². The Morgan fingerprint density at radius 1 is 0.525 bits per heavy atom. The standard InChI is InChI=1S/C36H30O4/c37-35(31-16-20-33(21-17-31)38-25-28-10-4-1-5-11-28)23-19-32-18-22-34(39-26-29-12-6-2-7-13-29)24-36(32)40-27-30-14-8-3-9-15-30/h1-24H,25-27H2. The molecule has 0 spiro atoms. The fraction of sp³-hybridized carbons (Fsp3) is 0.0833. The monoisotopic (exact) mass is 526 g/mol. The summed E-state index contributed by atoms with van der Waals surface area (Å²) < 4.78 is 18.0. The molecule has 4 nitrogen and oxygen atoms in total. The van der Waals surface area contributed by atoms with Gasteiger partial charge in [0.25, 0.3) is 0 Å². The summed E-state index contributed by atoms with van der Waals surface area (Å²) in [4.78, 5) is 12.9. The van der Waals surface area contributed by atoms with E-state index in [0.29, 0.717) is 42.6 Å². The SMILES string of the molecule is O=C(C=Cc1ccc(OCc2ccccc2)cc1OCc1ccccc1)c1ccc(OCc2ccccc2)cc1. The highest BCUT2D eigenvalue weighted by Crippen LogP contribution is 2.28. The smallest absolute Gasteiger partial charge is 0.185 e. The summed E-state index contributed by atoms with van der Waals surface area (Å²) in [5.74, 6) is 1.95. The van der Waals surface area contributed by atoms with Gasteiger partial charge in [0.15, 0.2) is 5.78 Å². The molecule has 0 N–H and O–H groups in total. The van der Waals surface area contributed by atoms with Crippen LogP contribution in [0.25, 0.3) is 6.08 Å². The highest BCUT2D eigenvalue weighted by molar-refractivity contribution is 6.07. The van der Waals surface area contributed by atoms with Crippen LogP contribution in [0.15, 0.2) is 140 Å². The zero-order chi connectivity index (χ0) is 27.4. The molecule has 198 valence electrons. The van der Waals surface area contributed by atoms with Gasteiger partial charge in [0.2, 0.25) is 0 Å². The second-order valence-corrected chi connectivity index (χ2v) is 9.24. The Kier molecular flexibility index (Phi) is 9.03. The Morgan fingerprint density at radius 2 is 1.00 bits per heavy atom. The van der Waals surface area contributed by atoms with Crippen LogP contribution in [0.3, 0.4) is 0 Å². The van der Waals surface area contributed by atoms with Gasteiger partial charge in [0.1, 0.15) is 37.1 Å². The van der Waals surface area contributed by atoms with Crippen LogP contribution in [0.5, 0.6) is 17.2 Å². The fourth-order valence-electron chi connectivity index (χ4n) is 4.06. The van der Waals surface area contributed by atoms with Gasteiger partial charge in [0.05, 0.1) is 0 Å². The van der Waals surface area contributed by atoms with Gasteiger partial charge in [-0.1, -0.05) is 91.0 Å². The van der Waals surface area contributed by atoms with Crippen molar-refractivity contribution >= 4 is 11.9 Å². The van der Waals surface area contributed by atoms with Crippen LogP contribution >= 0.6 is 0 Å². The molecule has 0 aliphatic carbocycles. The van der Waals surface area contributed by atoms with E-state index in [2.05, 4.69) is 0 Å². The molecular weight excluding hydrogens is 496 g/mol. The van der Waals surface area contributed by atoms with Crippen molar-refractivity contribution in [1.29, 1.82) is 0 Å². The molecule has 0 amide bonds. The highest BCUT2D eigenvalue weighted by atomic mass is 16.5. The molecule has 0 atom stereocenters. The van der Waals surface area contributed by atoms with Gasteiger partial charge in [-0.15, -0.1) is 0 Å². The predicted molar refractivity (Wildman–Crippen MR) is 159 cm³/mol. The summed E-state index contributed by atoms with van der Waals surface area (Å²) in [6.45, 7) is 1.34. The summed E-state index contributed by atoms with van der Waals surface area (Å²) in [6.07, 6.45) is 3.35. The minimum atomic E-state index is -0.104. The Balaban J connectivity index is 1.26. The molecule has 0 aliphatic rings. The zero-order valence-corrected chi connectivity index (χ0v) is 22.1. The fourth-order valence-corrected chi connectivity index (χ4v) is 4.06. The van der Waals surface area contributed by atoms with Gasteiger partial charge in [-0.2, -0.15) is 0 Å². The lowest BCUT2D eigenvalue weighted by atomic mass is 10.1. The third-order valence-corrected chi connectivity index (χ3v) is 6.27.